The van der Waals surface area contributed by atoms with Crippen molar-refractivity contribution in [2.45, 2.75) is 79.4 Å². The first-order chi connectivity index (χ1) is 16.3. The Morgan fingerprint density at radius 2 is 1.97 bits per heavy atom. The van der Waals surface area contributed by atoms with Gasteiger partial charge in [0, 0.05) is 48.1 Å². The lowest BCUT2D eigenvalue weighted by molar-refractivity contribution is -0.167. The van der Waals surface area contributed by atoms with E-state index in [4.69, 9.17) is 4.74 Å². The maximum Gasteiger partial charge on any atom is 0.341 e. The highest BCUT2D eigenvalue weighted by molar-refractivity contribution is 5.95. The fourth-order valence-corrected chi connectivity index (χ4v) is 5.40. The highest BCUT2D eigenvalue weighted by atomic mass is 19.1. The van der Waals surface area contributed by atoms with E-state index in [0.29, 0.717) is 43.6 Å². The molecule has 0 saturated carbocycles. The third kappa shape index (κ3) is 4.21. The first kappa shape index (κ1) is 25.2. The Kier molecular flexibility index (Phi) is 6.22. The number of aromatic nitrogens is 1. The first-order valence-electron chi connectivity index (χ1n) is 12.4. The minimum Gasteiger partial charge on any atom is -0.477 e. The molecule has 2 aromatic rings. The van der Waals surface area contributed by atoms with Crippen molar-refractivity contribution in [2.24, 2.45) is 10.8 Å². The summed E-state index contributed by atoms with van der Waals surface area (Å²) in [6, 6.07) is 1.19. The van der Waals surface area contributed by atoms with Gasteiger partial charge in [0.15, 0.2) is 0 Å². The molecule has 3 atom stereocenters. The molecule has 8 heteroatoms. The maximum atomic E-state index is 15.7. The van der Waals surface area contributed by atoms with Gasteiger partial charge in [-0.05, 0) is 53.0 Å². The number of rotatable bonds is 4. The van der Waals surface area contributed by atoms with Gasteiger partial charge in [-0.3, -0.25) is 9.59 Å². The minimum atomic E-state index is -1.31. The Balaban J connectivity index is 1.80. The van der Waals surface area contributed by atoms with Gasteiger partial charge in [-0.1, -0.05) is 13.8 Å². The molecule has 2 aliphatic rings. The number of esters is 1. The summed E-state index contributed by atoms with van der Waals surface area (Å²) in [6.45, 7) is 12.6. The van der Waals surface area contributed by atoms with E-state index in [1.807, 2.05) is 37.2 Å². The van der Waals surface area contributed by atoms with Crippen molar-refractivity contribution in [3.63, 3.8) is 0 Å². The van der Waals surface area contributed by atoms with Crippen molar-refractivity contribution < 1.29 is 23.8 Å². The Hall–Kier alpha value is -2.90. The van der Waals surface area contributed by atoms with Gasteiger partial charge in [0.25, 0.3) is 0 Å². The molecule has 1 aromatic carbocycles. The largest absolute Gasteiger partial charge is 0.477 e. The summed E-state index contributed by atoms with van der Waals surface area (Å²) >= 11 is 0. The molecule has 35 heavy (non-hydrogen) atoms. The minimum absolute atomic E-state index is 0.00883. The number of aromatic carboxylic acids is 1. The predicted molar refractivity (Wildman–Crippen MR) is 133 cm³/mol. The molecule has 1 fully saturated rings. The number of carbonyl (C=O) groups excluding carboxylic acids is 1. The monoisotopic (exact) mass is 486 g/mol. The molecule has 7 nitrogen and oxygen atoms in total. The second-order valence-corrected chi connectivity index (χ2v) is 11.4. The van der Waals surface area contributed by atoms with Crippen LogP contribution < -0.4 is 10.3 Å². The van der Waals surface area contributed by atoms with Gasteiger partial charge in [0.2, 0.25) is 5.43 Å². The molecule has 2 unspecified atom stereocenters. The number of piperidine rings is 1. The Morgan fingerprint density at radius 1 is 1.29 bits per heavy atom. The summed E-state index contributed by atoms with van der Waals surface area (Å²) in [4.78, 5) is 39.2. The summed E-state index contributed by atoms with van der Waals surface area (Å²) < 4.78 is 23.5. The molecule has 0 amide bonds. The predicted octanol–water partition coefficient (Wildman–Crippen LogP) is 4.93. The molecule has 2 aliphatic heterocycles. The fourth-order valence-electron chi connectivity index (χ4n) is 5.40. The number of benzene rings is 1. The standard InChI is InChI=1S/C27H35FN2O5/c1-7-27(6)14-29(11-10-20(27)35-25(34)26(3,4)5)22-16-9-8-15(2)30-13-18(24(32)33)23(31)17(21(16)30)12-19(22)28/h12-13,15,20H,7-11,14H2,1-6H3,(H,32,33)/t15?,20-,27?/m0/s1. The lowest BCUT2D eigenvalue weighted by Gasteiger charge is -2.47. The van der Waals surface area contributed by atoms with Crippen LogP contribution in [0.3, 0.4) is 0 Å². The molecular formula is C27H35FN2O5. The number of ether oxygens (including phenoxy) is 1. The number of anilines is 1. The smallest absolute Gasteiger partial charge is 0.341 e. The summed E-state index contributed by atoms with van der Waals surface area (Å²) in [7, 11) is 0. The van der Waals surface area contributed by atoms with E-state index < -0.39 is 22.6 Å². The Labute approximate surface area is 204 Å². The van der Waals surface area contributed by atoms with Crippen LogP contribution in [0.5, 0.6) is 0 Å². The lowest BCUT2D eigenvalue weighted by Crippen LogP contribution is -2.52. The number of nitrogens with zero attached hydrogens (tertiary/aromatic N) is 2. The highest BCUT2D eigenvalue weighted by Gasteiger charge is 2.43. The van der Waals surface area contributed by atoms with Crippen LogP contribution in [0.25, 0.3) is 10.9 Å². The van der Waals surface area contributed by atoms with Crippen molar-refractivity contribution >= 4 is 28.5 Å². The average Bonchev–Trinajstić information content (AvgIpc) is 2.77. The molecule has 0 radical (unpaired) electrons. The molecule has 0 bridgehead atoms. The number of hydrogen-bond donors (Lipinski definition) is 1. The van der Waals surface area contributed by atoms with E-state index in [9.17, 15) is 19.5 Å². The SMILES string of the molecule is CCC1(C)CN(c2c(F)cc3c(=O)c(C(=O)O)cn4c3c2CCC4C)CC[C@@H]1OC(=O)C(C)(C)C. The van der Waals surface area contributed by atoms with Gasteiger partial charge in [-0.25, -0.2) is 9.18 Å². The van der Waals surface area contributed by atoms with Crippen LogP contribution in [-0.2, 0) is 16.0 Å². The van der Waals surface area contributed by atoms with E-state index in [1.54, 1.807) is 0 Å². The number of aryl methyl sites for hydroxylation is 1. The van der Waals surface area contributed by atoms with Crippen LogP contribution in [0.4, 0.5) is 10.1 Å². The van der Waals surface area contributed by atoms with Crippen molar-refractivity contribution in [3.05, 3.63) is 39.4 Å². The number of carboxylic acids is 1. The molecule has 1 aromatic heterocycles. The molecule has 0 aliphatic carbocycles. The third-order valence-electron chi connectivity index (χ3n) is 7.83. The zero-order chi connectivity index (χ0) is 25.9. The molecule has 1 saturated heterocycles. The fraction of sp³-hybridized carbons (Fsp3) is 0.593. The van der Waals surface area contributed by atoms with Crippen LogP contribution in [0.2, 0.25) is 0 Å². The van der Waals surface area contributed by atoms with Gasteiger partial charge >= 0.3 is 11.9 Å². The molecule has 0 spiro atoms. The van der Waals surface area contributed by atoms with Crippen molar-refractivity contribution in [2.75, 3.05) is 18.0 Å². The van der Waals surface area contributed by atoms with Gasteiger partial charge in [-0.2, -0.15) is 0 Å². The zero-order valence-electron chi connectivity index (χ0n) is 21.4. The summed E-state index contributed by atoms with van der Waals surface area (Å²) in [5.74, 6) is -2.07. The number of pyridine rings is 1. The van der Waals surface area contributed by atoms with Crippen molar-refractivity contribution in [1.29, 1.82) is 0 Å². The van der Waals surface area contributed by atoms with Gasteiger partial charge in [0.1, 0.15) is 17.5 Å². The third-order valence-corrected chi connectivity index (χ3v) is 7.83. The second kappa shape index (κ2) is 8.64. The molecular weight excluding hydrogens is 451 g/mol. The Morgan fingerprint density at radius 3 is 2.57 bits per heavy atom. The van der Waals surface area contributed by atoms with Gasteiger partial charge < -0.3 is 19.3 Å². The molecule has 190 valence electrons. The molecule has 4 rings (SSSR count). The van der Waals surface area contributed by atoms with Crippen LogP contribution in [0.1, 0.15) is 82.8 Å². The van der Waals surface area contributed by atoms with Crippen LogP contribution >= 0.6 is 0 Å². The van der Waals surface area contributed by atoms with E-state index >= 15 is 4.39 Å². The van der Waals surface area contributed by atoms with E-state index in [2.05, 4.69) is 13.8 Å². The first-order valence-corrected chi connectivity index (χ1v) is 12.4. The van der Waals surface area contributed by atoms with Crippen LogP contribution in [0, 0.1) is 16.6 Å². The van der Waals surface area contributed by atoms with Crippen molar-refractivity contribution in [3.8, 4) is 0 Å². The van der Waals surface area contributed by atoms with E-state index in [-0.39, 0.29) is 34.5 Å². The van der Waals surface area contributed by atoms with Crippen molar-refractivity contribution in [1.82, 2.24) is 4.57 Å². The lowest BCUT2D eigenvalue weighted by atomic mass is 9.76. The van der Waals surface area contributed by atoms with Gasteiger partial charge in [-0.15, -0.1) is 0 Å². The quantitative estimate of drug-likeness (QED) is 0.617. The summed E-state index contributed by atoms with van der Waals surface area (Å²) in [6.07, 6.45) is 3.76. The van der Waals surface area contributed by atoms with Gasteiger partial charge in [0.05, 0.1) is 16.6 Å². The van der Waals surface area contributed by atoms with Crippen LogP contribution in [0.15, 0.2) is 17.1 Å². The summed E-state index contributed by atoms with van der Waals surface area (Å²) in [5, 5.41) is 9.63. The second-order valence-electron chi connectivity index (χ2n) is 11.4. The summed E-state index contributed by atoms with van der Waals surface area (Å²) in [5.41, 5.74) is -0.135. The highest BCUT2D eigenvalue weighted by Crippen LogP contribution is 2.43. The molecule has 1 N–H and O–H groups in total. The maximum absolute atomic E-state index is 15.7. The van der Waals surface area contributed by atoms with Crippen LogP contribution in [-0.4, -0.2) is 40.8 Å². The normalized spacial score (nSPS) is 24.5. The number of carbonyl (C=O) groups is 2. The zero-order valence-corrected chi connectivity index (χ0v) is 21.4. The average molecular weight is 487 g/mol. The number of hydrogen-bond acceptors (Lipinski definition) is 5. The van der Waals surface area contributed by atoms with E-state index in [0.717, 1.165) is 12.0 Å². The number of carboxylic acid groups (broad SMARTS) is 1. The molecule has 3 heterocycles. The topological polar surface area (TPSA) is 88.8 Å². The van der Waals surface area contributed by atoms with E-state index in [1.165, 1.54) is 12.3 Å². The number of halogens is 1. The Bertz CT molecular complexity index is 1260.